The second-order valence-electron chi connectivity index (χ2n) is 10.4. The predicted molar refractivity (Wildman–Crippen MR) is 173 cm³/mol. The maximum atomic E-state index is 13.0. The molecule has 1 heterocycles. The Labute approximate surface area is 266 Å². The number of amides is 1. The molecular weight excluding hydrogens is 613 g/mol. The fourth-order valence-electron chi connectivity index (χ4n) is 4.88. The molecule has 0 spiro atoms. The number of hydrogen-bond acceptors (Lipinski definition) is 8. The summed E-state index contributed by atoms with van der Waals surface area (Å²) in [5.74, 6) is -0.708. The van der Waals surface area contributed by atoms with E-state index in [4.69, 9.17) is 9.84 Å². The van der Waals surface area contributed by atoms with Crippen LogP contribution in [0.3, 0.4) is 0 Å². The molecule has 4 rings (SSSR count). The Morgan fingerprint density at radius 3 is 2.42 bits per heavy atom. The minimum Gasteiger partial charge on any atom is -0.490 e. The number of benzene rings is 2. The summed E-state index contributed by atoms with van der Waals surface area (Å²) in [5, 5.41) is 22.5. The van der Waals surface area contributed by atoms with Crippen molar-refractivity contribution >= 4 is 40.7 Å². The van der Waals surface area contributed by atoms with E-state index in [0.29, 0.717) is 18.8 Å². The van der Waals surface area contributed by atoms with E-state index in [1.54, 1.807) is 36.7 Å². The Balaban J connectivity index is 0.00000323. The van der Waals surface area contributed by atoms with Crippen LogP contribution >= 0.6 is 24.8 Å². The Kier molecular flexibility index (Phi) is 15.4. The highest BCUT2D eigenvalue weighted by molar-refractivity contribution is 7.90. The minimum absolute atomic E-state index is 0. The number of carbonyl (C=O) groups excluding carboxylic acids is 1. The van der Waals surface area contributed by atoms with Gasteiger partial charge in [0.25, 0.3) is 5.91 Å². The average Bonchev–Trinajstić information content (AvgIpc) is 2.99. The van der Waals surface area contributed by atoms with Crippen LogP contribution in [-0.2, 0) is 16.4 Å². The fraction of sp³-hybridized carbons (Fsp3) is 0.419. The molecule has 1 aliphatic rings. The first kappa shape index (κ1) is 36.5. The predicted octanol–water partition coefficient (Wildman–Crippen LogP) is 4.61. The maximum Gasteiger partial charge on any atom is 0.268 e. The third-order valence-electron chi connectivity index (χ3n) is 7.18. The van der Waals surface area contributed by atoms with E-state index in [0.717, 1.165) is 60.8 Å². The first-order valence-electron chi connectivity index (χ1n) is 14.2. The molecule has 4 N–H and O–H groups in total. The molecule has 1 atom stereocenters. The van der Waals surface area contributed by atoms with Crippen LogP contribution in [0.4, 0.5) is 0 Å². The summed E-state index contributed by atoms with van der Waals surface area (Å²) in [5.41, 5.74) is 3.90. The van der Waals surface area contributed by atoms with Gasteiger partial charge in [0.1, 0.15) is 5.75 Å². The average molecular weight is 655 g/mol. The Bertz CT molecular complexity index is 1370. The lowest BCUT2D eigenvalue weighted by atomic mass is 9.97. The van der Waals surface area contributed by atoms with Crippen molar-refractivity contribution in [1.82, 2.24) is 15.0 Å². The smallest absolute Gasteiger partial charge is 0.268 e. The Morgan fingerprint density at radius 1 is 1.02 bits per heavy atom. The summed E-state index contributed by atoms with van der Waals surface area (Å²) in [7, 11) is -3.87. The molecule has 236 valence electrons. The van der Waals surface area contributed by atoms with Crippen LogP contribution in [0, 0.1) is 0 Å². The number of hydrogen-bond donors (Lipinski definition) is 4. The fourth-order valence-corrected chi connectivity index (χ4v) is 5.88. The van der Waals surface area contributed by atoms with Crippen LogP contribution in [0.15, 0.2) is 67.0 Å². The van der Waals surface area contributed by atoms with Crippen molar-refractivity contribution in [2.75, 3.05) is 25.4 Å². The van der Waals surface area contributed by atoms with Crippen molar-refractivity contribution in [2.45, 2.75) is 57.2 Å². The van der Waals surface area contributed by atoms with Gasteiger partial charge in [-0.1, -0.05) is 42.8 Å². The number of carbonyl (C=O) groups is 1. The quantitative estimate of drug-likeness (QED) is 0.185. The molecular formula is C31H41Cl2N3O6S. The van der Waals surface area contributed by atoms with Gasteiger partial charge in [-0.15, -0.1) is 24.8 Å². The summed E-state index contributed by atoms with van der Waals surface area (Å²) in [6.07, 6.45) is 8.60. The van der Waals surface area contributed by atoms with E-state index >= 15 is 0 Å². The van der Waals surface area contributed by atoms with Gasteiger partial charge in [0.2, 0.25) is 10.0 Å². The van der Waals surface area contributed by atoms with Crippen molar-refractivity contribution in [1.29, 1.82) is 0 Å². The van der Waals surface area contributed by atoms with Crippen molar-refractivity contribution in [2.24, 2.45) is 0 Å². The number of pyridine rings is 1. The molecule has 1 amide bonds. The van der Waals surface area contributed by atoms with Gasteiger partial charge in [-0.3, -0.25) is 9.78 Å². The van der Waals surface area contributed by atoms with Crippen molar-refractivity contribution < 1.29 is 28.2 Å². The van der Waals surface area contributed by atoms with E-state index in [1.165, 1.54) is 0 Å². The molecule has 1 saturated carbocycles. The summed E-state index contributed by atoms with van der Waals surface area (Å²) < 4.78 is 33.0. The summed E-state index contributed by atoms with van der Waals surface area (Å²) >= 11 is 0. The topological polar surface area (TPSA) is 138 Å². The molecule has 9 nitrogen and oxygen atoms in total. The number of rotatable bonds is 14. The summed E-state index contributed by atoms with van der Waals surface area (Å²) in [4.78, 5) is 17.0. The second-order valence-corrected chi connectivity index (χ2v) is 12.2. The summed E-state index contributed by atoms with van der Waals surface area (Å²) in [6, 6.07) is 17.0. The van der Waals surface area contributed by atoms with Crippen molar-refractivity contribution in [3.63, 3.8) is 0 Å². The summed E-state index contributed by atoms with van der Waals surface area (Å²) in [6.45, 7) is 0.877. The molecule has 1 fully saturated rings. The third kappa shape index (κ3) is 11.4. The van der Waals surface area contributed by atoms with Gasteiger partial charge in [-0.25, -0.2) is 13.1 Å². The lowest BCUT2D eigenvalue weighted by Crippen LogP contribution is -2.33. The van der Waals surface area contributed by atoms with E-state index in [1.807, 2.05) is 30.3 Å². The number of aliphatic hydroxyl groups excluding tert-OH is 2. The monoisotopic (exact) mass is 653 g/mol. The standard InChI is InChI=1S/C31H39N3O6S.2ClH/c35-18-5-19-41(38,39)34-31(37)28-14-13-25(20-30(28)40-27-7-2-1-3-8-27)24-11-9-23(10-12-24)15-17-33-22-29(36)26-6-4-16-32-21-26;;/h4,6,9-14,16,20-21,27,29,33,35-36H,1-3,5,7-8,15,17-19,22H2,(H,34,37);2*1H/t29-;;/m1../s1. The number of nitrogens with zero attached hydrogens (tertiary/aromatic N) is 1. The molecule has 12 heteroatoms. The van der Waals surface area contributed by atoms with Crippen molar-refractivity contribution in [3.8, 4) is 16.9 Å². The SMILES string of the molecule is Cl.Cl.O=C(NS(=O)(=O)CCCO)c1ccc(-c2ccc(CCNC[C@@H](O)c3cccnc3)cc2)cc1OC1CCCCC1. The number of nitrogens with one attached hydrogen (secondary N) is 2. The van der Waals surface area contributed by atoms with E-state index in [-0.39, 0.29) is 55.3 Å². The normalized spacial score (nSPS) is 14.2. The van der Waals surface area contributed by atoms with Crippen LogP contribution in [-0.4, -0.2) is 61.1 Å². The molecule has 2 aromatic carbocycles. The lowest BCUT2D eigenvalue weighted by molar-refractivity contribution is 0.0969. The molecule has 1 aromatic heterocycles. The minimum atomic E-state index is -3.87. The van der Waals surface area contributed by atoms with Crippen LogP contribution in [0.5, 0.6) is 5.75 Å². The lowest BCUT2D eigenvalue weighted by Gasteiger charge is -2.24. The van der Waals surface area contributed by atoms with Gasteiger partial charge in [0.15, 0.2) is 0 Å². The highest BCUT2D eigenvalue weighted by Gasteiger charge is 2.23. The molecule has 3 aromatic rings. The van der Waals surface area contributed by atoms with Gasteiger partial charge >= 0.3 is 0 Å². The molecule has 0 unspecified atom stereocenters. The molecule has 43 heavy (non-hydrogen) atoms. The molecule has 0 radical (unpaired) electrons. The number of sulfonamides is 1. The molecule has 1 aliphatic carbocycles. The van der Waals surface area contributed by atoms with Crippen LogP contribution in [0.25, 0.3) is 11.1 Å². The van der Waals surface area contributed by atoms with Crippen LogP contribution in [0.2, 0.25) is 0 Å². The van der Waals surface area contributed by atoms with Gasteiger partial charge in [0, 0.05) is 31.1 Å². The highest BCUT2D eigenvalue weighted by atomic mass is 35.5. The maximum absolute atomic E-state index is 13.0. The van der Waals surface area contributed by atoms with E-state index < -0.39 is 22.0 Å². The molecule has 0 saturated heterocycles. The Morgan fingerprint density at radius 2 is 1.74 bits per heavy atom. The number of aliphatic hydroxyl groups is 2. The zero-order valence-electron chi connectivity index (χ0n) is 24.0. The third-order valence-corrected chi connectivity index (χ3v) is 8.50. The first-order valence-corrected chi connectivity index (χ1v) is 15.8. The van der Waals surface area contributed by atoms with Gasteiger partial charge in [-0.2, -0.15) is 0 Å². The Hall–Kier alpha value is -2.73. The van der Waals surface area contributed by atoms with Crippen molar-refractivity contribution in [3.05, 3.63) is 83.7 Å². The van der Waals surface area contributed by atoms with Gasteiger partial charge in [-0.05, 0) is 80.0 Å². The second kappa shape index (κ2) is 18.2. The zero-order chi connectivity index (χ0) is 29.1. The van der Waals surface area contributed by atoms with Crippen LogP contribution in [0.1, 0.15) is 66.1 Å². The van der Waals surface area contributed by atoms with E-state index in [2.05, 4.69) is 15.0 Å². The first-order chi connectivity index (χ1) is 19.8. The molecule has 0 aliphatic heterocycles. The number of halogens is 2. The molecule has 0 bridgehead atoms. The number of aromatic nitrogens is 1. The van der Waals surface area contributed by atoms with Gasteiger partial charge < -0.3 is 20.3 Å². The van der Waals surface area contributed by atoms with Crippen LogP contribution < -0.4 is 14.8 Å². The largest absolute Gasteiger partial charge is 0.490 e. The highest BCUT2D eigenvalue weighted by Crippen LogP contribution is 2.31. The zero-order valence-corrected chi connectivity index (χ0v) is 26.4. The number of ether oxygens (including phenoxy) is 1. The van der Waals surface area contributed by atoms with Gasteiger partial charge in [0.05, 0.1) is 23.5 Å². The van der Waals surface area contributed by atoms with E-state index in [9.17, 15) is 18.3 Å².